The second kappa shape index (κ2) is 12.0. The number of benzene rings is 3. The number of ether oxygens (including phenoxy) is 2. The SMILES string of the molecule is CCNC(=O)Nc1cccc([C@@H]2O[C@H](CSc3ccccc3)C[C@H](c3ccc(CO)cc3)O2)c1. The van der Waals surface area contributed by atoms with Crippen LogP contribution in [-0.4, -0.2) is 29.5 Å². The van der Waals surface area contributed by atoms with E-state index in [9.17, 15) is 9.90 Å². The standard InChI is InChI=1S/C27H30N2O4S/c1-2-28-27(31)29-22-8-6-7-21(15-22)26-32-23(18-34-24-9-4-3-5-10-24)16-25(33-26)20-13-11-19(17-30)12-14-20/h3-15,23,25-26,30H,2,16-18H2,1H3,(H2,28,29,31)/t23-,25+,26+/m0/s1. The monoisotopic (exact) mass is 478 g/mol. The maximum Gasteiger partial charge on any atom is 0.319 e. The molecule has 1 aliphatic rings. The van der Waals surface area contributed by atoms with Crippen LogP contribution >= 0.6 is 11.8 Å². The van der Waals surface area contributed by atoms with Crippen molar-refractivity contribution in [2.45, 2.75) is 43.3 Å². The molecule has 178 valence electrons. The van der Waals surface area contributed by atoms with Crippen LogP contribution in [0, 0.1) is 0 Å². The third-order valence-electron chi connectivity index (χ3n) is 5.55. The number of thioether (sulfide) groups is 1. The van der Waals surface area contributed by atoms with Gasteiger partial charge in [-0.2, -0.15) is 0 Å². The molecule has 0 unspecified atom stereocenters. The highest BCUT2D eigenvalue weighted by atomic mass is 32.2. The predicted molar refractivity (Wildman–Crippen MR) is 135 cm³/mol. The number of nitrogens with one attached hydrogen (secondary N) is 2. The van der Waals surface area contributed by atoms with Crippen LogP contribution < -0.4 is 10.6 Å². The average molecular weight is 479 g/mol. The van der Waals surface area contributed by atoms with Crippen molar-refractivity contribution in [3.8, 4) is 0 Å². The quantitative estimate of drug-likeness (QED) is 0.364. The molecule has 3 N–H and O–H groups in total. The number of carbonyl (C=O) groups is 1. The Morgan fingerprint density at radius 1 is 1.00 bits per heavy atom. The first-order valence-corrected chi connectivity index (χ1v) is 12.5. The normalized spacial score (nSPS) is 20.0. The van der Waals surface area contributed by atoms with E-state index in [0.29, 0.717) is 12.2 Å². The smallest absolute Gasteiger partial charge is 0.319 e. The highest BCUT2D eigenvalue weighted by molar-refractivity contribution is 7.99. The van der Waals surface area contributed by atoms with Gasteiger partial charge in [0.15, 0.2) is 6.29 Å². The van der Waals surface area contributed by atoms with E-state index in [1.807, 2.05) is 73.7 Å². The second-order valence-electron chi connectivity index (χ2n) is 8.08. The summed E-state index contributed by atoms with van der Waals surface area (Å²) in [6.45, 7) is 2.44. The summed E-state index contributed by atoms with van der Waals surface area (Å²) < 4.78 is 12.8. The van der Waals surface area contributed by atoms with Crippen LogP contribution in [0.15, 0.2) is 83.8 Å². The molecule has 2 amide bonds. The molecule has 7 heteroatoms. The molecule has 0 spiro atoms. The lowest BCUT2D eigenvalue weighted by molar-refractivity contribution is -0.245. The minimum atomic E-state index is -0.561. The van der Waals surface area contributed by atoms with Gasteiger partial charge in [-0.3, -0.25) is 0 Å². The Morgan fingerprint density at radius 3 is 2.53 bits per heavy atom. The number of rotatable bonds is 8. The van der Waals surface area contributed by atoms with E-state index >= 15 is 0 Å². The summed E-state index contributed by atoms with van der Waals surface area (Å²) in [5.41, 5.74) is 3.45. The number of hydrogen-bond acceptors (Lipinski definition) is 5. The molecule has 34 heavy (non-hydrogen) atoms. The lowest BCUT2D eigenvalue weighted by Crippen LogP contribution is -2.31. The van der Waals surface area contributed by atoms with Gasteiger partial charge in [-0.15, -0.1) is 11.8 Å². The van der Waals surface area contributed by atoms with E-state index in [-0.39, 0.29) is 24.8 Å². The van der Waals surface area contributed by atoms with Crippen molar-refractivity contribution in [2.75, 3.05) is 17.6 Å². The third-order valence-corrected chi connectivity index (χ3v) is 6.69. The molecular weight excluding hydrogens is 448 g/mol. The Morgan fingerprint density at radius 2 is 1.79 bits per heavy atom. The van der Waals surface area contributed by atoms with Gasteiger partial charge in [0.25, 0.3) is 0 Å². The van der Waals surface area contributed by atoms with E-state index < -0.39 is 6.29 Å². The number of amides is 2. The number of hydrogen-bond donors (Lipinski definition) is 3. The summed E-state index contributed by atoms with van der Waals surface area (Å²) >= 11 is 1.77. The Labute approximate surface area is 204 Å². The van der Waals surface area contributed by atoms with Gasteiger partial charge in [0.05, 0.1) is 18.8 Å². The molecule has 1 saturated heterocycles. The summed E-state index contributed by atoms with van der Waals surface area (Å²) in [6, 6.07) is 25.5. The largest absolute Gasteiger partial charge is 0.392 e. The fraction of sp³-hybridized carbons (Fsp3) is 0.296. The van der Waals surface area contributed by atoms with Gasteiger partial charge < -0.3 is 25.2 Å². The third kappa shape index (κ3) is 6.61. The first-order chi connectivity index (χ1) is 16.6. The summed E-state index contributed by atoms with van der Waals surface area (Å²) in [6.07, 6.45) is -0.000894. The van der Waals surface area contributed by atoms with Gasteiger partial charge in [-0.05, 0) is 42.3 Å². The van der Waals surface area contributed by atoms with Gasteiger partial charge in [0.1, 0.15) is 0 Å². The highest BCUT2D eigenvalue weighted by Crippen LogP contribution is 2.39. The summed E-state index contributed by atoms with van der Waals surface area (Å²) in [5.74, 6) is 0.798. The molecule has 1 heterocycles. The van der Waals surface area contributed by atoms with Gasteiger partial charge >= 0.3 is 6.03 Å². The summed E-state index contributed by atoms with van der Waals surface area (Å²) in [7, 11) is 0. The van der Waals surface area contributed by atoms with Crippen molar-refractivity contribution in [2.24, 2.45) is 0 Å². The van der Waals surface area contributed by atoms with Crippen LogP contribution in [0.25, 0.3) is 0 Å². The van der Waals surface area contributed by atoms with E-state index in [1.54, 1.807) is 11.8 Å². The Kier molecular flexibility index (Phi) is 8.60. The van der Waals surface area contributed by atoms with E-state index in [1.165, 1.54) is 4.90 Å². The first kappa shape index (κ1) is 24.3. The summed E-state index contributed by atoms with van der Waals surface area (Å²) in [4.78, 5) is 13.2. The van der Waals surface area contributed by atoms with Crippen molar-refractivity contribution < 1.29 is 19.4 Å². The second-order valence-corrected chi connectivity index (χ2v) is 9.18. The van der Waals surface area contributed by atoms with Crippen molar-refractivity contribution in [1.29, 1.82) is 0 Å². The van der Waals surface area contributed by atoms with Crippen LogP contribution in [0.4, 0.5) is 10.5 Å². The molecule has 3 aromatic carbocycles. The summed E-state index contributed by atoms with van der Waals surface area (Å²) in [5, 5.41) is 15.0. The number of urea groups is 1. The van der Waals surface area contributed by atoms with Gasteiger partial charge in [-0.25, -0.2) is 4.79 Å². The van der Waals surface area contributed by atoms with Crippen LogP contribution in [0.5, 0.6) is 0 Å². The fourth-order valence-electron chi connectivity index (χ4n) is 3.83. The molecule has 0 radical (unpaired) electrons. The minimum Gasteiger partial charge on any atom is -0.392 e. The van der Waals surface area contributed by atoms with Crippen LogP contribution in [0.2, 0.25) is 0 Å². The van der Waals surface area contributed by atoms with E-state index in [4.69, 9.17) is 9.47 Å². The molecule has 1 aliphatic heterocycles. The molecule has 4 rings (SSSR count). The molecule has 0 bridgehead atoms. The molecule has 3 atom stereocenters. The lowest BCUT2D eigenvalue weighted by Gasteiger charge is -2.36. The molecule has 0 aliphatic carbocycles. The lowest BCUT2D eigenvalue weighted by atomic mass is 10.0. The zero-order valence-corrected chi connectivity index (χ0v) is 20.0. The number of carbonyl (C=O) groups excluding carboxylic acids is 1. The van der Waals surface area contributed by atoms with Gasteiger partial charge in [-0.1, -0.05) is 54.6 Å². The average Bonchev–Trinajstić information content (AvgIpc) is 2.88. The Balaban J connectivity index is 1.53. The highest BCUT2D eigenvalue weighted by Gasteiger charge is 2.32. The molecule has 0 saturated carbocycles. The van der Waals surface area contributed by atoms with E-state index in [0.717, 1.165) is 28.9 Å². The molecule has 6 nitrogen and oxygen atoms in total. The topological polar surface area (TPSA) is 79.8 Å². The van der Waals surface area contributed by atoms with Crippen molar-refractivity contribution in [1.82, 2.24) is 5.32 Å². The van der Waals surface area contributed by atoms with Crippen molar-refractivity contribution >= 4 is 23.5 Å². The maximum absolute atomic E-state index is 12.0. The molecule has 0 aromatic heterocycles. The zero-order valence-electron chi connectivity index (χ0n) is 19.1. The zero-order chi connectivity index (χ0) is 23.8. The van der Waals surface area contributed by atoms with Gasteiger partial charge in [0.2, 0.25) is 0 Å². The molecular formula is C27H30N2O4S. The molecule has 1 fully saturated rings. The molecule has 3 aromatic rings. The number of anilines is 1. The Hall–Kier alpha value is -2.84. The fourth-order valence-corrected chi connectivity index (χ4v) is 4.77. The first-order valence-electron chi connectivity index (χ1n) is 11.5. The number of aliphatic hydroxyl groups is 1. The maximum atomic E-state index is 12.0. The van der Waals surface area contributed by atoms with Crippen LogP contribution in [-0.2, 0) is 16.1 Å². The Bertz CT molecular complexity index is 1060. The van der Waals surface area contributed by atoms with E-state index in [2.05, 4.69) is 22.8 Å². The number of aliphatic hydroxyl groups excluding tert-OH is 1. The van der Waals surface area contributed by atoms with Crippen molar-refractivity contribution in [3.63, 3.8) is 0 Å². The van der Waals surface area contributed by atoms with Crippen molar-refractivity contribution in [3.05, 3.63) is 95.6 Å². The van der Waals surface area contributed by atoms with Gasteiger partial charge in [0, 0.05) is 34.9 Å². The minimum absolute atomic E-state index is 0.0132. The van der Waals surface area contributed by atoms with Crippen LogP contribution in [0.3, 0.4) is 0 Å². The predicted octanol–water partition coefficient (Wildman–Crippen LogP) is 5.66. The van der Waals surface area contributed by atoms with Crippen LogP contribution in [0.1, 0.15) is 42.4 Å².